The number of rotatable bonds is 6. The summed E-state index contributed by atoms with van der Waals surface area (Å²) in [7, 11) is 0. The number of amides is 1. The van der Waals surface area contributed by atoms with Gasteiger partial charge in [0.05, 0.1) is 6.54 Å². The highest BCUT2D eigenvalue weighted by molar-refractivity contribution is 5.67. The van der Waals surface area contributed by atoms with E-state index in [1.807, 2.05) is 40.7 Å². The molecule has 0 fully saturated rings. The molecule has 5 heteroatoms. The zero-order valence-corrected chi connectivity index (χ0v) is 12.4. The second kappa shape index (κ2) is 8.34. The van der Waals surface area contributed by atoms with Crippen LogP contribution in [0.1, 0.15) is 34.6 Å². The van der Waals surface area contributed by atoms with Crippen LogP contribution in [0.4, 0.5) is 4.79 Å². The van der Waals surface area contributed by atoms with Gasteiger partial charge in [0, 0.05) is 6.08 Å². The number of alkyl carbamates (subject to hydrolysis) is 1. The van der Waals surface area contributed by atoms with Gasteiger partial charge >= 0.3 is 6.09 Å². The predicted molar refractivity (Wildman–Crippen MR) is 77.3 cm³/mol. The summed E-state index contributed by atoms with van der Waals surface area (Å²) < 4.78 is 10.4. The Balaban J connectivity index is 3.97. The lowest BCUT2D eigenvalue weighted by Gasteiger charge is -2.19. The van der Waals surface area contributed by atoms with Crippen molar-refractivity contribution >= 4 is 12.8 Å². The van der Waals surface area contributed by atoms with Crippen molar-refractivity contribution in [2.75, 3.05) is 13.2 Å². The smallest absolute Gasteiger partial charge is 0.407 e. The Kier molecular flexibility index (Phi) is 7.56. The minimum Gasteiger partial charge on any atom is -0.476 e. The number of aliphatic imine (C=N–C) groups is 1. The van der Waals surface area contributed by atoms with Gasteiger partial charge < -0.3 is 14.8 Å². The molecule has 0 spiro atoms. The van der Waals surface area contributed by atoms with Crippen molar-refractivity contribution in [3.8, 4) is 0 Å². The number of nitrogens with zero attached hydrogens (tertiary/aromatic N) is 1. The molecular weight excluding hydrogens is 244 g/mol. The van der Waals surface area contributed by atoms with Gasteiger partial charge in [0.15, 0.2) is 0 Å². The molecule has 0 rings (SSSR count). The van der Waals surface area contributed by atoms with Gasteiger partial charge in [-0.2, -0.15) is 0 Å². The first-order chi connectivity index (χ1) is 8.74. The van der Waals surface area contributed by atoms with E-state index < -0.39 is 11.7 Å². The highest BCUT2D eigenvalue weighted by Gasteiger charge is 2.15. The topological polar surface area (TPSA) is 59.9 Å². The van der Waals surface area contributed by atoms with E-state index in [0.717, 1.165) is 5.57 Å². The minimum absolute atomic E-state index is 0.306. The monoisotopic (exact) mass is 268 g/mol. The molecule has 0 heterocycles. The molecule has 1 amide bonds. The van der Waals surface area contributed by atoms with Gasteiger partial charge in [-0.15, -0.1) is 0 Å². The van der Waals surface area contributed by atoms with Crippen LogP contribution in [0, 0.1) is 0 Å². The molecule has 108 valence electrons. The minimum atomic E-state index is -0.498. The molecule has 0 aliphatic carbocycles. The number of hydrogen-bond donors (Lipinski definition) is 1. The van der Waals surface area contributed by atoms with E-state index in [0.29, 0.717) is 19.0 Å². The second-order valence-electron chi connectivity index (χ2n) is 5.18. The molecule has 0 atom stereocenters. The van der Waals surface area contributed by atoms with Crippen molar-refractivity contribution in [3.63, 3.8) is 0 Å². The number of carbonyl (C=O) groups is 1. The van der Waals surface area contributed by atoms with Crippen LogP contribution in [0.5, 0.6) is 0 Å². The van der Waals surface area contributed by atoms with Gasteiger partial charge in [-0.25, -0.2) is 9.79 Å². The third-order valence-electron chi connectivity index (χ3n) is 1.74. The molecule has 0 bridgehead atoms. The van der Waals surface area contributed by atoms with Crippen molar-refractivity contribution < 1.29 is 14.3 Å². The Labute approximate surface area is 115 Å². The molecule has 0 aliphatic heterocycles. The van der Waals surface area contributed by atoms with Crippen LogP contribution < -0.4 is 5.32 Å². The number of allylic oxidation sites excluding steroid dienone is 3. The summed E-state index contributed by atoms with van der Waals surface area (Å²) in [5, 5.41) is 2.59. The van der Waals surface area contributed by atoms with E-state index in [1.165, 1.54) is 0 Å². The van der Waals surface area contributed by atoms with Crippen LogP contribution >= 0.6 is 0 Å². The van der Waals surface area contributed by atoms with Crippen LogP contribution in [0.3, 0.4) is 0 Å². The third kappa shape index (κ3) is 11.1. The molecule has 0 aliphatic rings. The maximum atomic E-state index is 11.3. The fourth-order valence-electron chi connectivity index (χ4n) is 1.01. The Bertz CT molecular complexity index is 361. The number of nitrogens with one attached hydrogen (secondary N) is 1. The molecule has 1 N–H and O–H groups in total. The Morgan fingerprint density at radius 3 is 2.42 bits per heavy atom. The lowest BCUT2D eigenvalue weighted by atomic mass is 10.2. The highest BCUT2D eigenvalue weighted by atomic mass is 16.6. The zero-order chi connectivity index (χ0) is 14.9. The Morgan fingerprint density at radius 2 is 1.95 bits per heavy atom. The first-order valence-corrected chi connectivity index (χ1v) is 6.16. The maximum Gasteiger partial charge on any atom is 0.407 e. The maximum absolute atomic E-state index is 11.3. The average Bonchev–Trinajstić information content (AvgIpc) is 2.25. The molecule has 19 heavy (non-hydrogen) atoms. The van der Waals surface area contributed by atoms with Crippen LogP contribution in [0.25, 0.3) is 0 Å². The standard InChI is InChI=1S/C14H24N2O3/c1-11(2)7-8-12(15-6)18-10-9-16-13(17)19-14(3,4)5/h7-8H,6,9-10H2,1-5H3,(H,16,17)/b12-8+. The summed E-state index contributed by atoms with van der Waals surface area (Å²) in [6, 6.07) is 0. The van der Waals surface area contributed by atoms with Crippen LogP contribution in [-0.2, 0) is 9.47 Å². The summed E-state index contributed by atoms with van der Waals surface area (Å²) >= 11 is 0. The molecule has 0 radical (unpaired) electrons. The molecular formula is C14H24N2O3. The van der Waals surface area contributed by atoms with Gasteiger partial charge in [-0.05, 0) is 41.3 Å². The van der Waals surface area contributed by atoms with Crippen LogP contribution in [-0.4, -0.2) is 31.6 Å². The Morgan fingerprint density at radius 1 is 1.32 bits per heavy atom. The fraction of sp³-hybridized carbons (Fsp3) is 0.571. The van der Waals surface area contributed by atoms with E-state index in [-0.39, 0.29) is 0 Å². The first-order valence-electron chi connectivity index (χ1n) is 6.16. The van der Waals surface area contributed by atoms with Gasteiger partial charge in [-0.3, -0.25) is 0 Å². The SMILES string of the molecule is C=N/C(=C\C=C(C)C)OCCNC(=O)OC(C)(C)C. The summed E-state index contributed by atoms with van der Waals surface area (Å²) in [5.41, 5.74) is 0.638. The normalized spacial score (nSPS) is 11.5. The van der Waals surface area contributed by atoms with Gasteiger partial charge in [-0.1, -0.05) is 11.6 Å². The molecule has 0 unspecified atom stereocenters. The van der Waals surface area contributed by atoms with E-state index >= 15 is 0 Å². The average molecular weight is 268 g/mol. The third-order valence-corrected chi connectivity index (χ3v) is 1.74. The largest absolute Gasteiger partial charge is 0.476 e. The van der Waals surface area contributed by atoms with Crippen LogP contribution in [0.15, 0.2) is 28.6 Å². The van der Waals surface area contributed by atoms with Crippen molar-refractivity contribution in [2.24, 2.45) is 4.99 Å². The molecule has 5 nitrogen and oxygen atoms in total. The van der Waals surface area contributed by atoms with Crippen molar-refractivity contribution in [2.45, 2.75) is 40.2 Å². The van der Waals surface area contributed by atoms with Crippen LogP contribution in [0.2, 0.25) is 0 Å². The molecule has 0 aromatic rings. The Hall–Kier alpha value is -1.78. The zero-order valence-electron chi connectivity index (χ0n) is 12.4. The lowest BCUT2D eigenvalue weighted by molar-refractivity contribution is 0.0513. The van der Waals surface area contributed by atoms with Crippen molar-refractivity contribution in [1.82, 2.24) is 5.32 Å². The van der Waals surface area contributed by atoms with Gasteiger partial charge in [0.25, 0.3) is 0 Å². The second-order valence-corrected chi connectivity index (χ2v) is 5.18. The quantitative estimate of drug-likeness (QED) is 0.348. The summed E-state index contributed by atoms with van der Waals surface area (Å²) in [6.45, 7) is 13.4. The lowest BCUT2D eigenvalue weighted by Crippen LogP contribution is -2.34. The summed E-state index contributed by atoms with van der Waals surface area (Å²) in [4.78, 5) is 15.1. The van der Waals surface area contributed by atoms with E-state index in [2.05, 4.69) is 17.0 Å². The number of ether oxygens (including phenoxy) is 2. The van der Waals surface area contributed by atoms with E-state index in [9.17, 15) is 4.79 Å². The number of carbonyl (C=O) groups excluding carboxylic acids is 1. The summed E-state index contributed by atoms with van der Waals surface area (Å²) in [5.74, 6) is 0.423. The molecule has 0 saturated carbocycles. The number of hydrogen-bond acceptors (Lipinski definition) is 4. The van der Waals surface area contributed by atoms with Gasteiger partial charge in [0.1, 0.15) is 12.2 Å². The highest BCUT2D eigenvalue weighted by Crippen LogP contribution is 2.06. The molecule has 0 aromatic carbocycles. The van der Waals surface area contributed by atoms with Gasteiger partial charge in [0.2, 0.25) is 5.88 Å². The predicted octanol–water partition coefficient (Wildman–Crippen LogP) is 3.04. The molecule has 0 saturated heterocycles. The first kappa shape index (κ1) is 17.2. The van der Waals surface area contributed by atoms with Crippen molar-refractivity contribution in [1.29, 1.82) is 0 Å². The van der Waals surface area contributed by atoms with E-state index in [1.54, 1.807) is 6.08 Å². The fourth-order valence-corrected chi connectivity index (χ4v) is 1.01. The molecule has 0 aromatic heterocycles. The van der Waals surface area contributed by atoms with E-state index in [4.69, 9.17) is 9.47 Å². The summed E-state index contributed by atoms with van der Waals surface area (Å²) in [6.07, 6.45) is 3.15. The van der Waals surface area contributed by atoms with Crippen molar-refractivity contribution in [3.05, 3.63) is 23.6 Å².